The van der Waals surface area contributed by atoms with Crippen molar-refractivity contribution in [1.82, 2.24) is 5.32 Å². The Morgan fingerprint density at radius 3 is 2.46 bits per heavy atom. The maximum Gasteiger partial charge on any atom is 0.328 e. The van der Waals surface area contributed by atoms with E-state index in [1.54, 1.807) is 44.2 Å². The SMILES string of the molecule is CC(C)OC(=O)[C@H](CCC(=O)C=[N+]=[N-])NC(=O)[C@](C)(O)c1ccccc1. The lowest BCUT2D eigenvalue weighted by atomic mass is 9.94. The number of nitrogens with zero attached hydrogens (tertiary/aromatic N) is 2. The zero-order chi connectivity index (χ0) is 19.7. The lowest BCUT2D eigenvalue weighted by Crippen LogP contribution is -2.50. The van der Waals surface area contributed by atoms with Crippen LogP contribution in [0.5, 0.6) is 0 Å². The molecule has 140 valence electrons. The molecule has 0 aliphatic rings. The van der Waals surface area contributed by atoms with Gasteiger partial charge in [0.05, 0.1) is 6.10 Å². The Morgan fingerprint density at radius 2 is 1.92 bits per heavy atom. The van der Waals surface area contributed by atoms with Crippen LogP contribution in [0.1, 0.15) is 39.2 Å². The minimum Gasteiger partial charge on any atom is -0.461 e. The van der Waals surface area contributed by atoms with Gasteiger partial charge in [-0.25, -0.2) is 4.79 Å². The van der Waals surface area contributed by atoms with Gasteiger partial charge in [0.2, 0.25) is 5.78 Å². The number of amides is 1. The molecule has 8 nitrogen and oxygen atoms in total. The van der Waals surface area contributed by atoms with Crippen molar-refractivity contribution in [3.05, 3.63) is 41.4 Å². The summed E-state index contributed by atoms with van der Waals surface area (Å²) in [7, 11) is 0. The van der Waals surface area contributed by atoms with Crippen LogP contribution in [0.25, 0.3) is 5.53 Å². The second-order valence-corrected chi connectivity index (χ2v) is 6.20. The molecule has 1 aromatic carbocycles. The van der Waals surface area contributed by atoms with Crippen molar-refractivity contribution in [1.29, 1.82) is 0 Å². The van der Waals surface area contributed by atoms with E-state index >= 15 is 0 Å². The normalized spacial score (nSPS) is 13.9. The number of aliphatic hydroxyl groups is 1. The highest BCUT2D eigenvalue weighted by Gasteiger charge is 2.35. The quantitative estimate of drug-likeness (QED) is 0.293. The second kappa shape index (κ2) is 9.60. The van der Waals surface area contributed by atoms with Crippen LogP contribution in [0.3, 0.4) is 0 Å². The number of ether oxygens (including phenoxy) is 1. The van der Waals surface area contributed by atoms with Crippen LogP contribution in [-0.2, 0) is 24.7 Å². The molecular weight excluding hydrogens is 338 g/mol. The fraction of sp³-hybridized carbons (Fsp3) is 0.444. The molecule has 0 spiro atoms. The van der Waals surface area contributed by atoms with Crippen LogP contribution in [0.15, 0.2) is 30.3 Å². The zero-order valence-corrected chi connectivity index (χ0v) is 15.0. The van der Waals surface area contributed by atoms with Crippen molar-refractivity contribution in [3.8, 4) is 0 Å². The average molecular weight is 361 g/mol. The van der Waals surface area contributed by atoms with Gasteiger partial charge in [0.1, 0.15) is 6.04 Å². The van der Waals surface area contributed by atoms with Crippen LogP contribution in [-0.4, -0.2) is 45.9 Å². The van der Waals surface area contributed by atoms with E-state index < -0.39 is 35.4 Å². The number of rotatable bonds is 9. The van der Waals surface area contributed by atoms with E-state index in [0.29, 0.717) is 11.8 Å². The van der Waals surface area contributed by atoms with E-state index in [9.17, 15) is 19.5 Å². The summed E-state index contributed by atoms with van der Waals surface area (Å²) < 4.78 is 5.09. The van der Waals surface area contributed by atoms with Gasteiger partial charge in [0, 0.05) is 6.42 Å². The minimum atomic E-state index is -1.87. The minimum absolute atomic E-state index is 0.0625. The maximum absolute atomic E-state index is 12.5. The Morgan fingerprint density at radius 1 is 1.31 bits per heavy atom. The molecule has 2 N–H and O–H groups in total. The zero-order valence-electron chi connectivity index (χ0n) is 15.0. The largest absolute Gasteiger partial charge is 0.461 e. The molecule has 0 saturated heterocycles. The Kier molecular flexibility index (Phi) is 7.83. The molecule has 0 aromatic heterocycles. The molecule has 1 aromatic rings. The van der Waals surface area contributed by atoms with Gasteiger partial charge < -0.3 is 20.7 Å². The summed E-state index contributed by atoms with van der Waals surface area (Å²) >= 11 is 0. The fourth-order valence-corrected chi connectivity index (χ4v) is 2.17. The number of nitrogens with one attached hydrogen (secondary N) is 1. The van der Waals surface area contributed by atoms with Crippen molar-refractivity contribution >= 4 is 23.9 Å². The molecule has 0 fully saturated rings. The third kappa shape index (κ3) is 6.23. The van der Waals surface area contributed by atoms with E-state index in [0.717, 1.165) is 0 Å². The first-order chi connectivity index (χ1) is 12.2. The molecule has 0 bridgehead atoms. The first-order valence-corrected chi connectivity index (χ1v) is 8.18. The highest BCUT2D eigenvalue weighted by atomic mass is 16.5. The van der Waals surface area contributed by atoms with Gasteiger partial charge >= 0.3 is 12.2 Å². The van der Waals surface area contributed by atoms with Gasteiger partial charge in [0.25, 0.3) is 5.91 Å². The Labute approximate surface area is 151 Å². The standard InChI is InChI=1S/C18H23N3O5/c1-12(2)26-16(23)15(10-9-14(22)11-20-19)21-17(24)18(3,25)13-7-5-4-6-8-13/h4-8,11-12,15,25H,9-10H2,1-3H3,(H,21,24)/t15-,18+/m0/s1. The molecule has 0 saturated carbocycles. The molecule has 1 amide bonds. The second-order valence-electron chi connectivity index (χ2n) is 6.20. The van der Waals surface area contributed by atoms with E-state index in [2.05, 4.69) is 10.1 Å². The highest BCUT2D eigenvalue weighted by molar-refractivity contribution is 6.25. The topological polar surface area (TPSA) is 129 Å². The van der Waals surface area contributed by atoms with Crippen molar-refractivity contribution in [2.24, 2.45) is 0 Å². The van der Waals surface area contributed by atoms with Crippen molar-refractivity contribution < 1.29 is 29.0 Å². The number of Topliss-reactive ketones (excluding diaryl/α,β-unsaturated/α-hetero) is 1. The molecule has 1 rings (SSSR count). The molecule has 0 unspecified atom stereocenters. The summed E-state index contributed by atoms with van der Waals surface area (Å²) in [5, 5.41) is 13.0. The molecule has 0 aliphatic heterocycles. The van der Waals surface area contributed by atoms with Crippen molar-refractivity contribution in [2.75, 3.05) is 0 Å². The summed E-state index contributed by atoms with van der Waals surface area (Å²) in [5.41, 5.74) is 6.85. The van der Waals surface area contributed by atoms with Gasteiger partial charge in [-0.1, -0.05) is 30.3 Å². The molecule has 26 heavy (non-hydrogen) atoms. The molecular formula is C18H23N3O5. The first kappa shape index (κ1) is 21.2. The highest BCUT2D eigenvalue weighted by Crippen LogP contribution is 2.21. The van der Waals surface area contributed by atoms with Gasteiger partial charge in [-0.15, -0.1) is 0 Å². The molecule has 2 atom stereocenters. The van der Waals surface area contributed by atoms with Crippen LogP contribution in [0.4, 0.5) is 0 Å². The molecule has 0 aliphatic carbocycles. The summed E-state index contributed by atoms with van der Waals surface area (Å²) in [6.45, 7) is 4.62. The number of carbonyl (C=O) groups excluding carboxylic acids is 3. The molecule has 0 radical (unpaired) electrons. The van der Waals surface area contributed by atoms with Crippen LogP contribution < -0.4 is 5.32 Å². The predicted octanol–water partition coefficient (Wildman–Crippen LogP) is 0.980. The Bertz CT molecular complexity index is 694. The predicted molar refractivity (Wildman–Crippen MR) is 93.1 cm³/mol. The monoisotopic (exact) mass is 361 g/mol. The van der Waals surface area contributed by atoms with Crippen molar-refractivity contribution in [3.63, 3.8) is 0 Å². The lowest BCUT2D eigenvalue weighted by Gasteiger charge is -2.26. The number of hydrogen-bond donors (Lipinski definition) is 2. The van der Waals surface area contributed by atoms with Crippen LogP contribution in [0.2, 0.25) is 0 Å². The number of benzene rings is 1. The summed E-state index contributed by atoms with van der Waals surface area (Å²) in [5.74, 6) is -2.03. The number of hydrogen-bond acceptors (Lipinski definition) is 5. The van der Waals surface area contributed by atoms with Gasteiger partial charge in [-0.05, 0) is 32.8 Å². The average Bonchev–Trinajstić information content (AvgIpc) is 2.58. The summed E-state index contributed by atoms with van der Waals surface area (Å²) in [4.78, 5) is 38.8. The lowest BCUT2D eigenvalue weighted by molar-refractivity contribution is -0.154. The Balaban J connectivity index is 2.92. The van der Waals surface area contributed by atoms with E-state index in [1.807, 2.05) is 0 Å². The molecule has 8 heteroatoms. The van der Waals surface area contributed by atoms with Crippen LogP contribution in [0, 0.1) is 0 Å². The smallest absolute Gasteiger partial charge is 0.328 e. The third-order valence-corrected chi connectivity index (χ3v) is 3.60. The number of esters is 1. The van der Waals surface area contributed by atoms with E-state index in [1.165, 1.54) is 6.92 Å². The molecule has 0 heterocycles. The van der Waals surface area contributed by atoms with E-state index in [4.69, 9.17) is 10.3 Å². The maximum atomic E-state index is 12.5. The van der Waals surface area contributed by atoms with Gasteiger partial charge in [-0.2, -0.15) is 4.79 Å². The van der Waals surface area contributed by atoms with E-state index in [-0.39, 0.29) is 12.8 Å². The first-order valence-electron chi connectivity index (χ1n) is 8.18. The Hall–Kier alpha value is -2.83. The summed E-state index contributed by atoms with van der Waals surface area (Å²) in [6, 6.07) is 7.14. The van der Waals surface area contributed by atoms with Gasteiger partial charge in [-0.3, -0.25) is 9.59 Å². The van der Waals surface area contributed by atoms with Crippen LogP contribution >= 0.6 is 0 Å². The fourth-order valence-electron chi connectivity index (χ4n) is 2.17. The number of ketones is 1. The third-order valence-electron chi connectivity index (χ3n) is 3.60. The summed E-state index contributed by atoms with van der Waals surface area (Å²) in [6.07, 6.45) is 0.0985. The van der Waals surface area contributed by atoms with Crippen molar-refractivity contribution in [2.45, 2.75) is 51.4 Å². The number of carbonyl (C=O) groups is 3. The van der Waals surface area contributed by atoms with Gasteiger partial charge in [0.15, 0.2) is 5.60 Å².